The van der Waals surface area contributed by atoms with Crippen molar-refractivity contribution in [2.24, 2.45) is 0 Å². The Morgan fingerprint density at radius 2 is 2.16 bits per heavy atom. The Morgan fingerprint density at radius 1 is 1.28 bits per heavy atom. The summed E-state index contributed by atoms with van der Waals surface area (Å²) in [6, 6.07) is 3.17. The highest BCUT2D eigenvalue weighted by Crippen LogP contribution is 2.22. The van der Waals surface area contributed by atoms with Crippen molar-refractivity contribution < 1.29 is 4.79 Å². The van der Waals surface area contributed by atoms with Gasteiger partial charge in [0.2, 0.25) is 0 Å². The van der Waals surface area contributed by atoms with Crippen molar-refractivity contribution in [3.05, 3.63) is 30.0 Å². The summed E-state index contributed by atoms with van der Waals surface area (Å²) in [4.78, 5) is 30.4. The molecular formula is C16H18N6OS2. The van der Waals surface area contributed by atoms with Crippen LogP contribution in [0, 0.1) is 0 Å². The molecule has 0 spiro atoms. The number of nitrogens with zero attached hydrogens (tertiary/aromatic N) is 5. The van der Waals surface area contributed by atoms with Crippen molar-refractivity contribution in [1.29, 1.82) is 0 Å². The van der Waals surface area contributed by atoms with Crippen LogP contribution >= 0.6 is 24.2 Å². The van der Waals surface area contributed by atoms with Crippen molar-refractivity contribution in [1.82, 2.24) is 24.2 Å². The Kier molecular flexibility index (Phi) is 5.77. The number of carbonyl (C=O) groups excluding carboxylic acids is 1. The van der Waals surface area contributed by atoms with Gasteiger partial charge in [0.05, 0.1) is 16.6 Å². The Morgan fingerprint density at radius 3 is 2.92 bits per heavy atom. The first kappa shape index (κ1) is 17.6. The van der Waals surface area contributed by atoms with E-state index in [1.54, 1.807) is 30.0 Å². The molecule has 7 nitrogen and oxygen atoms in total. The van der Waals surface area contributed by atoms with Gasteiger partial charge in [0.25, 0.3) is 0 Å². The van der Waals surface area contributed by atoms with Gasteiger partial charge in [-0.2, -0.15) is 0 Å². The molecule has 130 valence electrons. The zero-order valence-corrected chi connectivity index (χ0v) is 15.4. The normalized spacial score (nSPS) is 10.8. The van der Waals surface area contributed by atoms with Gasteiger partial charge in [-0.25, -0.2) is 14.8 Å². The molecule has 25 heavy (non-hydrogen) atoms. The minimum Gasteiger partial charge on any atom is -0.291 e. The molecule has 0 aliphatic rings. The number of hydrogen-bond acceptors (Lipinski definition) is 7. The summed E-state index contributed by atoms with van der Waals surface area (Å²) in [7, 11) is 0. The highest BCUT2D eigenvalue weighted by atomic mass is 32.1. The molecular weight excluding hydrogens is 356 g/mol. The average Bonchev–Trinajstić information content (AvgIpc) is 3.16. The molecule has 0 radical (unpaired) electrons. The van der Waals surface area contributed by atoms with Crippen molar-refractivity contribution in [3.8, 4) is 10.6 Å². The number of urea groups is 1. The van der Waals surface area contributed by atoms with E-state index in [4.69, 9.17) is 0 Å². The summed E-state index contributed by atoms with van der Waals surface area (Å²) in [5.74, 6) is 0.419. The van der Waals surface area contributed by atoms with Gasteiger partial charge in [-0.05, 0) is 18.6 Å². The summed E-state index contributed by atoms with van der Waals surface area (Å²) in [6.45, 7) is 2.70. The van der Waals surface area contributed by atoms with Crippen molar-refractivity contribution in [3.63, 3.8) is 0 Å². The van der Waals surface area contributed by atoms with E-state index in [9.17, 15) is 4.79 Å². The number of thiazole rings is 1. The number of amides is 2. The average molecular weight is 374 g/mol. The SMILES string of the molecule is CCCCCN(S)C(=O)Nc1ccc2ncc(-c3cncs3)nc2n1. The number of fused-ring (bicyclic) bond motifs is 1. The van der Waals surface area contributed by atoms with Crippen LogP contribution in [-0.4, -0.2) is 36.8 Å². The Balaban J connectivity index is 1.75. The fraction of sp³-hybridized carbons (Fsp3) is 0.312. The van der Waals surface area contributed by atoms with Gasteiger partial charge in [0.15, 0.2) is 5.65 Å². The minimum atomic E-state index is -0.308. The predicted molar refractivity (Wildman–Crippen MR) is 103 cm³/mol. The maximum Gasteiger partial charge on any atom is 0.332 e. The Bertz CT molecular complexity index is 855. The van der Waals surface area contributed by atoms with Crippen LogP contribution in [0.25, 0.3) is 21.7 Å². The van der Waals surface area contributed by atoms with Crippen LogP contribution in [0.15, 0.2) is 30.0 Å². The first-order valence-corrected chi connectivity index (χ1v) is 9.25. The molecule has 0 aliphatic carbocycles. The Hall–Kier alpha value is -2.26. The molecule has 3 aromatic rings. The van der Waals surface area contributed by atoms with Crippen LogP contribution in [-0.2, 0) is 0 Å². The fourth-order valence-electron chi connectivity index (χ4n) is 2.22. The standard InChI is InChI=1S/C16H18N6OS2/c1-2-3-4-7-22(24)16(23)21-14-6-5-11-15(20-14)19-12(8-18-11)13-9-17-10-25-13/h5-6,8-10,24H,2-4,7H2,1H3,(H,19,20,21,23). The number of unbranched alkanes of at least 4 members (excludes halogenated alkanes) is 2. The van der Waals surface area contributed by atoms with Crippen LogP contribution in [0.3, 0.4) is 0 Å². The minimum absolute atomic E-state index is 0.308. The molecule has 3 aromatic heterocycles. The first-order valence-electron chi connectivity index (χ1n) is 7.97. The van der Waals surface area contributed by atoms with Crippen LogP contribution < -0.4 is 5.32 Å². The first-order chi connectivity index (χ1) is 12.2. The second-order valence-corrected chi connectivity index (χ2v) is 6.79. The number of thiol groups is 1. The molecule has 2 amide bonds. The molecule has 0 bridgehead atoms. The monoisotopic (exact) mass is 374 g/mol. The third-order valence-corrected chi connectivity index (χ3v) is 4.71. The Labute approximate surface area is 155 Å². The lowest BCUT2D eigenvalue weighted by Gasteiger charge is -2.15. The summed E-state index contributed by atoms with van der Waals surface area (Å²) >= 11 is 5.70. The van der Waals surface area contributed by atoms with Gasteiger partial charge in [0.1, 0.15) is 17.0 Å². The van der Waals surface area contributed by atoms with E-state index in [0.717, 1.165) is 24.1 Å². The van der Waals surface area contributed by atoms with E-state index in [-0.39, 0.29) is 6.03 Å². The summed E-state index contributed by atoms with van der Waals surface area (Å²) in [5.41, 5.74) is 3.59. The van der Waals surface area contributed by atoms with Crippen molar-refractivity contribution in [2.45, 2.75) is 26.2 Å². The lowest BCUT2D eigenvalue weighted by atomic mass is 10.2. The molecule has 1 N–H and O–H groups in total. The molecule has 0 saturated carbocycles. The smallest absolute Gasteiger partial charge is 0.291 e. The number of aromatic nitrogens is 4. The molecule has 0 unspecified atom stereocenters. The van der Waals surface area contributed by atoms with Crippen LogP contribution in [0.2, 0.25) is 0 Å². The number of pyridine rings is 1. The van der Waals surface area contributed by atoms with Gasteiger partial charge < -0.3 is 0 Å². The zero-order valence-electron chi connectivity index (χ0n) is 13.7. The summed E-state index contributed by atoms with van der Waals surface area (Å²) in [6.07, 6.45) is 6.51. The number of rotatable bonds is 6. The van der Waals surface area contributed by atoms with Crippen LogP contribution in [0.1, 0.15) is 26.2 Å². The highest BCUT2D eigenvalue weighted by molar-refractivity contribution is 7.78. The number of carbonyl (C=O) groups is 1. The molecule has 3 rings (SSSR count). The van der Waals surface area contributed by atoms with E-state index in [1.165, 1.54) is 15.6 Å². The molecule has 0 saturated heterocycles. The molecule has 0 atom stereocenters. The van der Waals surface area contributed by atoms with Gasteiger partial charge in [-0.3, -0.25) is 19.6 Å². The molecule has 9 heteroatoms. The van der Waals surface area contributed by atoms with Crippen molar-refractivity contribution >= 4 is 47.2 Å². The predicted octanol–water partition coefficient (Wildman–Crippen LogP) is 4.02. The lowest BCUT2D eigenvalue weighted by Crippen LogP contribution is -2.28. The van der Waals surface area contributed by atoms with E-state index < -0.39 is 0 Å². The van der Waals surface area contributed by atoms with Gasteiger partial charge >= 0.3 is 6.03 Å². The second-order valence-electron chi connectivity index (χ2n) is 5.42. The van der Waals surface area contributed by atoms with Gasteiger partial charge in [-0.15, -0.1) is 11.3 Å². The van der Waals surface area contributed by atoms with Gasteiger partial charge in [-0.1, -0.05) is 32.6 Å². The third kappa shape index (κ3) is 4.43. The third-order valence-electron chi connectivity index (χ3n) is 3.53. The number of hydrogen-bond donors (Lipinski definition) is 2. The van der Waals surface area contributed by atoms with E-state index in [1.807, 2.05) is 0 Å². The highest BCUT2D eigenvalue weighted by Gasteiger charge is 2.11. The molecule has 0 fully saturated rings. The zero-order chi connectivity index (χ0) is 17.6. The maximum absolute atomic E-state index is 12.2. The maximum atomic E-state index is 12.2. The van der Waals surface area contributed by atoms with Gasteiger partial charge in [0, 0.05) is 12.7 Å². The van der Waals surface area contributed by atoms with E-state index in [2.05, 4.69) is 45.0 Å². The van der Waals surface area contributed by atoms with Crippen LogP contribution in [0.4, 0.5) is 10.6 Å². The lowest BCUT2D eigenvalue weighted by molar-refractivity contribution is 0.238. The van der Waals surface area contributed by atoms with E-state index >= 15 is 0 Å². The topological polar surface area (TPSA) is 83.9 Å². The molecule has 0 aromatic carbocycles. The fourth-order valence-corrected chi connectivity index (χ4v) is 2.98. The van der Waals surface area contributed by atoms with Crippen molar-refractivity contribution in [2.75, 3.05) is 11.9 Å². The quantitative estimate of drug-likeness (QED) is 0.503. The number of anilines is 1. The molecule has 0 aliphatic heterocycles. The second kappa shape index (κ2) is 8.21. The molecule has 3 heterocycles. The largest absolute Gasteiger partial charge is 0.332 e. The van der Waals surface area contributed by atoms with E-state index in [0.29, 0.717) is 29.2 Å². The summed E-state index contributed by atoms with van der Waals surface area (Å²) < 4.78 is 1.36. The summed E-state index contributed by atoms with van der Waals surface area (Å²) in [5, 5.41) is 2.74. The van der Waals surface area contributed by atoms with Crippen LogP contribution in [0.5, 0.6) is 0 Å². The number of nitrogens with one attached hydrogen (secondary N) is 1.